The van der Waals surface area contributed by atoms with E-state index in [1.807, 2.05) is 20.8 Å². The Morgan fingerprint density at radius 2 is 1.94 bits per heavy atom. The molecule has 0 bridgehead atoms. The van der Waals surface area contributed by atoms with Gasteiger partial charge in [0.1, 0.15) is 0 Å². The zero-order valence-corrected chi connectivity index (χ0v) is 22.4. The van der Waals surface area contributed by atoms with Gasteiger partial charge in [0, 0.05) is 25.6 Å². The third kappa shape index (κ3) is 3.60. The Morgan fingerprint density at radius 1 is 1.18 bits per heavy atom. The molecule has 0 amide bonds. The van der Waals surface area contributed by atoms with Gasteiger partial charge in [0.15, 0.2) is 12.1 Å². The molecule has 10 atom stereocenters. The highest BCUT2D eigenvalue weighted by Crippen LogP contribution is 2.67. The van der Waals surface area contributed by atoms with Crippen molar-refractivity contribution in [2.45, 2.75) is 116 Å². The van der Waals surface area contributed by atoms with Gasteiger partial charge in [-0.3, -0.25) is 0 Å². The Bertz CT molecular complexity index is 859. The molecule has 2 saturated carbocycles. The van der Waals surface area contributed by atoms with Crippen molar-refractivity contribution in [3.8, 4) is 0 Å². The van der Waals surface area contributed by atoms with E-state index < -0.39 is 11.4 Å². The summed E-state index contributed by atoms with van der Waals surface area (Å²) in [5, 5.41) is 11.8. The fraction of sp³-hybridized carbons (Fsp3) is 0.862. The van der Waals surface area contributed by atoms with Gasteiger partial charge in [-0.25, -0.2) is 0 Å². The third-order valence-electron chi connectivity index (χ3n) is 10.0. The number of fused-ring (bicyclic) bond motifs is 2. The molecule has 0 aromatic carbocycles. The smallest absolute Gasteiger partial charge is 0.183 e. The number of ether oxygens (including phenoxy) is 4. The van der Waals surface area contributed by atoms with Gasteiger partial charge in [-0.05, 0) is 95.5 Å². The van der Waals surface area contributed by atoms with Crippen LogP contribution in [0.2, 0.25) is 0 Å². The van der Waals surface area contributed by atoms with Crippen molar-refractivity contribution in [2.24, 2.45) is 29.1 Å². The van der Waals surface area contributed by atoms with E-state index in [0.29, 0.717) is 31.5 Å². The van der Waals surface area contributed by atoms with E-state index >= 15 is 0 Å². The molecule has 4 fully saturated rings. The molecule has 1 unspecified atom stereocenters. The molecule has 34 heavy (non-hydrogen) atoms. The Labute approximate surface area is 206 Å². The highest BCUT2D eigenvalue weighted by Gasteiger charge is 2.70. The first-order valence-corrected chi connectivity index (χ1v) is 13.7. The summed E-state index contributed by atoms with van der Waals surface area (Å²) < 4.78 is 26.0. The first-order chi connectivity index (χ1) is 16.0. The lowest BCUT2D eigenvalue weighted by molar-refractivity contribution is -0.278. The summed E-state index contributed by atoms with van der Waals surface area (Å²) in [6.45, 7) is 16.4. The maximum absolute atomic E-state index is 11.8. The zero-order valence-electron chi connectivity index (χ0n) is 22.4. The summed E-state index contributed by atoms with van der Waals surface area (Å²) in [5.74, 6) is 0.250. The van der Waals surface area contributed by atoms with Gasteiger partial charge < -0.3 is 24.1 Å². The normalized spacial score (nSPS) is 53.2. The lowest BCUT2D eigenvalue weighted by Crippen LogP contribution is -2.46. The van der Waals surface area contributed by atoms with Crippen molar-refractivity contribution in [2.75, 3.05) is 13.2 Å². The molecule has 5 rings (SSSR count). The van der Waals surface area contributed by atoms with Crippen LogP contribution in [-0.2, 0) is 18.9 Å². The monoisotopic (exact) mass is 474 g/mol. The first-order valence-electron chi connectivity index (χ1n) is 13.7. The second-order valence-corrected chi connectivity index (χ2v) is 12.6. The number of allylic oxidation sites excluding steroid dienone is 2. The van der Waals surface area contributed by atoms with E-state index in [4.69, 9.17) is 18.9 Å². The molecule has 3 aliphatic carbocycles. The molecule has 2 saturated heterocycles. The van der Waals surface area contributed by atoms with Crippen molar-refractivity contribution in [1.82, 2.24) is 0 Å². The van der Waals surface area contributed by atoms with Gasteiger partial charge in [-0.1, -0.05) is 31.6 Å². The van der Waals surface area contributed by atoms with Crippen molar-refractivity contribution in [1.29, 1.82) is 0 Å². The van der Waals surface area contributed by atoms with E-state index in [1.165, 1.54) is 11.1 Å². The molecule has 0 radical (unpaired) electrons. The van der Waals surface area contributed by atoms with E-state index in [-0.39, 0.29) is 35.2 Å². The molecule has 2 aliphatic heterocycles. The molecular formula is C29H46O5. The van der Waals surface area contributed by atoms with E-state index in [9.17, 15) is 5.11 Å². The highest BCUT2D eigenvalue weighted by atomic mass is 16.8. The molecule has 0 aromatic heterocycles. The number of rotatable bonds is 5. The van der Waals surface area contributed by atoms with Crippen LogP contribution in [-0.4, -0.2) is 47.7 Å². The standard InChI is InChI=1S/C29H46O5/c1-8-31-25-21-10-11-23-26(6,12-13-28(23)19(5)15-20(33-28)14-18(3)4)16-22-24(21)29(34-25,32-9-2)17-27(22,7)30/h10,14,19-20,22-25,30H,8-9,11-13,15-17H2,1-7H3/b21-10+/t19-,20-,22-,23+,24+,25?,26+,27+,28-,29-/m0/s1. The average molecular weight is 475 g/mol. The maximum atomic E-state index is 11.8. The van der Waals surface area contributed by atoms with Gasteiger partial charge in [-0.15, -0.1) is 0 Å². The minimum absolute atomic E-state index is 0.0358. The third-order valence-corrected chi connectivity index (χ3v) is 10.0. The fourth-order valence-corrected chi connectivity index (χ4v) is 8.77. The van der Waals surface area contributed by atoms with Crippen molar-refractivity contribution >= 4 is 0 Å². The molecular weight excluding hydrogens is 428 g/mol. The molecule has 1 N–H and O–H groups in total. The summed E-state index contributed by atoms with van der Waals surface area (Å²) in [4.78, 5) is 0. The van der Waals surface area contributed by atoms with Gasteiger partial charge >= 0.3 is 0 Å². The van der Waals surface area contributed by atoms with Crippen LogP contribution in [0.1, 0.15) is 87.0 Å². The van der Waals surface area contributed by atoms with Crippen LogP contribution in [0.3, 0.4) is 0 Å². The van der Waals surface area contributed by atoms with E-state index in [2.05, 4.69) is 39.8 Å². The van der Waals surface area contributed by atoms with Crippen LogP contribution >= 0.6 is 0 Å². The van der Waals surface area contributed by atoms with Crippen LogP contribution in [0.15, 0.2) is 23.3 Å². The van der Waals surface area contributed by atoms with Crippen LogP contribution in [0, 0.1) is 29.1 Å². The summed E-state index contributed by atoms with van der Waals surface area (Å²) in [5.41, 5.74) is 1.68. The van der Waals surface area contributed by atoms with Crippen LogP contribution in [0.25, 0.3) is 0 Å². The maximum Gasteiger partial charge on any atom is 0.183 e. The fourth-order valence-electron chi connectivity index (χ4n) is 8.77. The second-order valence-electron chi connectivity index (χ2n) is 12.6. The predicted octanol–water partition coefficient (Wildman–Crippen LogP) is 5.77. The number of hydrogen-bond donors (Lipinski definition) is 1. The first kappa shape index (κ1) is 25.0. The van der Waals surface area contributed by atoms with Crippen LogP contribution < -0.4 is 0 Å². The quantitative estimate of drug-likeness (QED) is 0.513. The molecule has 2 heterocycles. The zero-order chi connectivity index (χ0) is 24.5. The van der Waals surface area contributed by atoms with Crippen molar-refractivity contribution in [3.63, 3.8) is 0 Å². The number of hydrogen-bond acceptors (Lipinski definition) is 5. The van der Waals surface area contributed by atoms with Crippen molar-refractivity contribution in [3.05, 3.63) is 23.3 Å². The summed E-state index contributed by atoms with van der Waals surface area (Å²) >= 11 is 0. The minimum Gasteiger partial charge on any atom is -0.390 e. The molecule has 5 heteroatoms. The SMILES string of the molecule is CCOC1O[C@@]2(OCC)C[C@@](C)(O)[C@H]3C[C@@]4(C)CC[C@@]5(O[C@@H](C=C(C)C)C[C@@H]5C)[C@@H]4C/C=C/1[C@H]32. The summed E-state index contributed by atoms with van der Waals surface area (Å²) in [6, 6.07) is 0. The second kappa shape index (κ2) is 8.41. The summed E-state index contributed by atoms with van der Waals surface area (Å²) in [7, 11) is 0. The summed E-state index contributed by atoms with van der Waals surface area (Å²) in [6.07, 6.45) is 10.3. The van der Waals surface area contributed by atoms with E-state index in [0.717, 1.165) is 32.1 Å². The van der Waals surface area contributed by atoms with Crippen LogP contribution in [0.4, 0.5) is 0 Å². The van der Waals surface area contributed by atoms with E-state index in [1.54, 1.807) is 0 Å². The van der Waals surface area contributed by atoms with Gasteiger partial charge in [-0.2, -0.15) is 0 Å². The van der Waals surface area contributed by atoms with Crippen LogP contribution in [0.5, 0.6) is 0 Å². The lowest BCUT2D eigenvalue weighted by Gasteiger charge is -2.46. The average Bonchev–Trinajstić information content (AvgIpc) is 3.33. The highest BCUT2D eigenvalue weighted by molar-refractivity contribution is 5.30. The molecule has 5 nitrogen and oxygen atoms in total. The predicted molar refractivity (Wildman–Crippen MR) is 132 cm³/mol. The van der Waals surface area contributed by atoms with Gasteiger partial charge in [0.2, 0.25) is 0 Å². The Balaban J connectivity index is 1.56. The van der Waals surface area contributed by atoms with Gasteiger partial charge in [0.25, 0.3) is 0 Å². The molecule has 1 spiro atoms. The molecule has 5 aliphatic rings. The Morgan fingerprint density at radius 3 is 2.62 bits per heavy atom. The molecule has 192 valence electrons. The Hall–Kier alpha value is -0.720. The van der Waals surface area contributed by atoms with Crippen molar-refractivity contribution < 1.29 is 24.1 Å². The lowest BCUT2D eigenvalue weighted by atomic mass is 9.62. The largest absolute Gasteiger partial charge is 0.390 e. The minimum atomic E-state index is -0.844. The number of aliphatic hydroxyl groups is 1. The topological polar surface area (TPSA) is 57.2 Å². The van der Waals surface area contributed by atoms with Gasteiger partial charge in [0.05, 0.1) is 17.3 Å². The Kier molecular flexibility index (Phi) is 6.17. The molecule has 0 aromatic rings.